The first-order valence-corrected chi connectivity index (χ1v) is 8.41. The third kappa shape index (κ3) is 3.16. The second-order valence-electron chi connectivity index (χ2n) is 6.94. The number of rotatable bonds is 5. The van der Waals surface area contributed by atoms with E-state index < -0.39 is 0 Å². The summed E-state index contributed by atoms with van der Waals surface area (Å²) in [5, 5.41) is 0. The minimum absolute atomic E-state index is 0.0732. The maximum absolute atomic E-state index is 12.6. The third-order valence-corrected chi connectivity index (χ3v) is 4.88. The highest BCUT2D eigenvalue weighted by molar-refractivity contribution is 5.80. The van der Waals surface area contributed by atoms with E-state index in [1.165, 1.54) is 0 Å². The van der Waals surface area contributed by atoms with Crippen molar-refractivity contribution in [3.8, 4) is 6.08 Å². The molecule has 1 aliphatic rings. The summed E-state index contributed by atoms with van der Waals surface area (Å²) in [6, 6.07) is 7.42. The van der Waals surface area contributed by atoms with Crippen LogP contribution in [-0.4, -0.2) is 28.9 Å². The van der Waals surface area contributed by atoms with Gasteiger partial charge in [0.05, 0.1) is 0 Å². The molecule has 1 heterocycles. The number of oxazole rings is 1. The van der Waals surface area contributed by atoms with Gasteiger partial charge in [-0.15, -0.1) is 0 Å². The van der Waals surface area contributed by atoms with Crippen molar-refractivity contribution in [1.29, 1.82) is 0 Å². The summed E-state index contributed by atoms with van der Waals surface area (Å²) in [7, 11) is 0. The fourth-order valence-corrected chi connectivity index (χ4v) is 3.05. The van der Waals surface area contributed by atoms with Gasteiger partial charge in [-0.1, -0.05) is 39.0 Å². The number of carbonyl (C=O) groups excluding carboxylic acids is 1. The van der Waals surface area contributed by atoms with E-state index in [1.807, 2.05) is 31.2 Å². The van der Waals surface area contributed by atoms with Crippen molar-refractivity contribution in [2.24, 2.45) is 11.3 Å². The zero-order valence-corrected chi connectivity index (χ0v) is 14.7. The van der Waals surface area contributed by atoms with E-state index in [1.54, 1.807) is 4.90 Å². The molecular weight excluding hydrogens is 304 g/mol. The number of ether oxygens (including phenoxy) is 1. The number of likely N-dealkylation sites (N-methyl/N-ethyl adjacent to an activating group) is 1. The second-order valence-corrected chi connectivity index (χ2v) is 6.94. The van der Waals surface area contributed by atoms with Crippen LogP contribution in [0, 0.1) is 11.3 Å². The number of carbonyl (C=O) groups is 1. The summed E-state index contributed by atoms with van der Waals surface area (Å²) >= 11 is 0. The number of benzene rings is 1. The molecule has 0 aliphatic heterocycles. The highest BCUT2D eigenvalue weighted by atomic mass is 16.6. The van der Waals surface area contributed by atoms with Crippen LogP contribution in [0.5, 0.6) is 6.08 Å². The number of fused-ring (bicyclic) bond motifs is 1. The predicted molar refractivity (Wildman–Crippen MR) is 92.5 cm³/mol. The van der Waals surface area contributed by atoms with E-state index in [9.17, 15) is 4.79 Å². The lowest BCUT2D eigenvalue weighted by Crippen LogP contribution is -2.34. The molecule has 1 aliphatic carbocycles. The number of hydrogen-bond donors (Lipinski definition) is 0. The number of nitrogens with zero attached hydrogens (tertiary/aromatic N) is 2. The van der Waals surface area contributed by atoms with Crippen molar-refractivity contribution in [3.05, 3.63) is 36.0 Å². The van der Waals surface area contributed by atoms with Gasteiger partial charge in [0.15, 0.2) is 12.2 Å². The Morgan fingerprint density at radius 2 is 2.17 bits per heavy atom. The monoisotopic (exact) mass is 328 g/mol. The van der Waals surface area contributed by atoms with Gasteiger partial charge >= 0.3 is 6.08 Å². The summed E-state index contributed by atoms with van der Waals surface area (Å²) in [4.78, 5) is 18.6. The number of amides is 1. The Hall–Kier alpha value is -2.30. The maximum atomic E-state index is 12.6. The Morgan fingerprint density at radius 1 is 1.42 bits per heavy atom. The highest BCUT2D eigenvalue weighted by Gasteiger charge is 2.34. The predicted octanol–water partition coefficient (Wildman–Crippen LogP) is 4.01. The lowest BCUT2D eigenvalue weighted by molar-refractivity contribution is -0.131. The normalized spacial score (nSPS) is 19.3. The molecule has 3 rings (SSSR count). The van der Waals surface area contributed by atoms with Crippen LogP contribution in [-0.2, 0) is 4.79 Å². The molecule has 0 bridgehead atoms. The number of allylic oxidation sites excluding steroid dienone is 2. The largest absolute Gasteiger partial charge is 0.440 e. The van der Waals surface area contributed by atoms with Crippen molar-refractivity contribution in [2.45, 2.75) is 34.1 Å². The second kappa shape index (κ2) is 6.30. The Bertz CT molecular complexity index is 743. The molecule has 1 unspecified atom stereocenters. The molecule has 1 aromatic heterocycles. The topological polar surface area (TPSA) is 55.6 Å². The zero-order chi connectivity index (χ0) is 17.3. The third-order valence-electron chi connectivity index (χ3n) is 4.88. The summed E-state index contributed by atoms with van der Waals surface area (Å²) in [5.41, 5.74) is 2.58. The minimum atomic E-state index is -0.0766. The molecule has 5 heteroatoms. The van der Waals surface area contributed by atoms with E-state index in [0.29, 0.717) is 18.0 Å². The van der Waals surface area contributed by atoms with Gasteiger partial charge in [0.25, 0.3) is 5.91 Å². The van der Waals surface area contributed by atoms with E-state index in [0.717, 1.165) is 17.6 Å². The molecule has 1 aromatic carbocycles. The van der Waals surface area contributed by atoms with Crippen LogP contribution in [0.3, 0.4) is 0 Å². The van der Waals surface area contributed by atoms with Gasteiger partial charge < -0.3 is 14.1 Å². The van der Waals surface area contributed by atoms with Gasteiger partial charge in [-0.25, -0.2) is 0 Å². The quantitative estimate of drug-likeness (QED) is 0.832. The summed E-state index contributed by atoms with van der Waals surface area (Å²) in [5.74, 6) is 0.447. The molecular formula is C19H24N2O3. The molecule has 1 atom stereocenters. The van der Waals surface area contributed by atoms with E-state index in [-0.39, 0.29) is 24.0 Å². The smallest absolute Gasteiger partial charge is 0.395 e. The van der Waals surface area contributed by atoms with Crippen LogP contribution in [0.1, 0.15) is 34.1 Å². The van der Waals surface area contributed by atoms with Gasteiger partial charge in [0.1, 0.15) is 5.52 Å². The number of hydrogen-bond acceptors (Lipinski definition) is 4. The van der Waals surface area contributed by atoms with Crippen molar-refractivity contribution in [3.63, 3.8) is 0 Å². The molecule has 2 aromatic rings. The maximum Gasteiger partial charge on any atom is 0.395 e. The van der Waals surface area contributed by atoms with E-state index >= 15 is 0 Å². The molecule has 24 heavy (non-hydrogen) atoms. The molecule has 1 amide bonds. The molecule has 5 nitrogen and oxygen atoms in total. The van der Waals surface area contributed by atoms with Crippen molar-refractivity contribution in [2.75, 3.05) is 13.2 Å². The van der Waals surface area contributed by atoms with Gasteiger partial charge in [0, 0.05) is 12.2 Å². The lowest BCUT2D eigenvalue weighted by atomic mass is 9.84. The molecule has 0 saturated heterocycles. The fraction of sp³-hybridized carbons (Fsp3) is 0.474. The number of aromatic nitrogens is 1. The standard InChI is InChI=1S/C19H24N2O3/c1-5-21(14-10-13(2)19(3,4)11-14)17(22)12-23-18-20-15-8-6-7-9-16(15)24-18/h6-9,11,13H,5,10,12H2,1-4H3. The minimum Gasteiger partial charge on any atom is -0.440 e. The fourth-order valence-electron chi connectivity index (χ4n) is 3.05. The molecule has 0 spiro atoms. The Balaban J connectivity index is 1.67. The summed E-state index contributed by atoms with van der Waals surface area (Å²) in [6.45, 7) is 9.16. The first-order valence-electron chi connectivity index (χ1n) is 8.41. The Morgan fingerprint density at radius 3 is 2.79 bits per heavy atom. The Kier molecular flexibility index (Phi) is 4.35. The van der Waals surface area contributed by atoms with Crippen molar-refractivity contribution < 1.29 is 13.9 Å². The van der Waals surface area contributed by atoms with Gasteiger partial charge in [-0.2, -0.15) is 4.98 Å². The van der Waals surface area contributed by atoms with Crippen molar-refractivity contribution in [1.82, 2.24) is 9.88 Å². The van der Waals surface area contributed by atoms with Crippen molar-refractivity contribution >= 4 is 17.0 Å². The molecule has 0 N–H and O–H groups in total. The first-order chi connectivity index (χ1) is 11.4. The SMILES string of the molecule is CCN(C(=O)COc1nc2ccccc2o1)C1=CC(C)(C)C(C)C1. The summed E-state index contributed by atoms with van der Waals surface area (Å²) < 4.78 is 11.0. The summed E-state index contributed by atoms with van der Waals surface area (Å²) in [6.07, 6.45) is 3.25. The average molecular weight is 328 g/mol. The van der Waals surface area contributed by atoms with Gasteiger partial charge in [-0.3, -0.25) is 4.79 Å². The number of para-hydroxylation sites is 2. The molecule has 0 fully saturated rings. The Labute approximate surface area is 142 Å². The van der Waals surface area contributed by atoms with Crippen LogP contribution in [0.25, 0.3) is 11.1 Å². The van der Waals surface area contributed by atoms with Crippen LogP contribution in [0.15, 0.2) is 40.5 Å². The average Bonchev–Trinajstić information content (AvgIpc) is 3.06. The zero-order valence-electron chi connectivity index (χ0n) is 14.7. The van der Waals surface area contributed by atoms with Gasteiger partial charge in [-0.05, 0) is 36.8 Å². The first kappa shape index (κ1) is 16.6. The van der Waals surface area contributed by atoms with E-state index in [4.69, 9.17) is 9.15 Å². The van der Waals surface area contributed by atoms with E-state index in [2.05, 4.69) is 31.8 Å². The molecule has 0 saturated carbocycles. The van der Waals surface area contributed by atoms with Crippen LogP contribution in [0.2, 0.25) is 0 Å². The highest BCUT2D eigenvalue weighted by Crippen LogP contribution is 2.41. The molecule has 0 radical (unpaired) electrons. The van der Waals surface area contributed by atoms with Crippen LogP contribution in [0.4, 0.5) is 0 Å². The van der Waals surface area contributed by atoms with Crippen LogP contribution < -0.4 is 4.74 Å². The molecule has 128 valence electrons. The van der Waals surface area contributed by atoms with Crippen LogP contribution >= 0.6 is 0 Å². The van der Waals surface area contributed by atoms with Gasteiger partial charge in [0.2, 0.25) is 0 Å². The lowest BCUT2D eigenvalue weighted by Gasteiger charge is -2.22.